The molecule has 0 aromatic carbocycles. The van der Waals surface area contributed by atoms with Gasteiger partial charge in [0.15, 0.2) is 6.10 Å². The molecule has 0 bridgehead atoms. The Hall–Kier alpha value is -2.33. The minimum absolute atomic E-state index is 0.0118. The van der Waals surface area contributed by atoms with E-state index >= 15 is 0 Å². The van der Waals surface area contributed by atoms with Crippen LogP contribution in [0.25, 0.3) is 0 Å². The van der Waals surface area contributed by atoms with Gasteiger partial charge in [0.05, 0.1) is 33.9 Å². The number of ether oxygens (including phenoxy) is 2. The van der Waals surface area contributed by atoms with Gasteiger partial charge in [-0.3, -0.25) is 18.6 Å². The molecule has 3 atom stereocenters. The molecule has 0 amide bonds. The number of carbonyl (C=O) groups is 2. The predicted molar refractivity (Wildman–Crippen MR) is 253 cm³/mol. The largest absolute Gasteiger partial charge is 0.472 e. The number of unbranched alkanes of at least 4 members (excludes halogenated alkanes) is 17. The highest BCUT2D eigenvalue weighted by Crippen LogP contribution is 2.43. The molecule has 61 heavy (non-hydrogen) atoms. The van der Waals surface area contributed by atoms with Gasteiger partial charge in [-0.15, -0.1) is 0 Å². The molecule has 0 rings (SSSR count). The van der Waals surface area contributed by atoms with E-state index in [9.17, 15) is 24.2 Å². The second-order valence-electron chi connectivity index (χ2n) is 17.3. The summed E-state index contributed by atoms with van der Waals surface area (Å²) in [5, 5.41) is 9.84. The van der Waals surface area contributed by atoms with Gasteiger partial charge in [-0.05, 0) is 70.6 Å². The van der Waals surface area contributed by atoms with Crippen molar-refractivity contribution in [2.24, 2.45) is 0 Å². The monoisotopic (exact) mass is 881 g/mol. The van der Waals surface area contributed by atoms with E-state index in [0.29, 0.717) is 23.9 Å². The molecule has 0 fully saturated rings. The molecule has 0 heterocycles. The lowest BCUT2D eigenvalue weighted by molar-refractivity contribution is -0.870. The third kappa shape index (κ3) is 45.5. The van der Waals surface area contributed by atoms with Gasteiger partial charge in [0.25, 0.3) is 0 Å². The second kappa shape index (κ2) is 41.7. The Balaban J connectivity index is 4.41. The van der Waals surface area contributed by atoms with E-state index in [2.05, 4.69) is 56.4 Å². The first-order chi connectivity index (χ1) is 29.4. The first kappa shape index (κ1) is 58.7. The van der Waals surface area contributed by atoms with Crippen LogP contribution >= 0.6 is 7.82 Å². The zero-order chi connectivity index (χ0) is 45.1. The van der Waals surface area contributed by atoms with Crippen molar-refractivity contribution in [3.8, 4) is 0 Å². The van der Waals surface area contributed by atoms with Crippen molar-refractivity contribution in [2.75, 3.05) is 47.5 Å². The molecule has 0 saturated heterocycles. The molecule has 0 aliphatic heterocycles. The number of quaternary nitrogens is 1. The van der Waals surface area contributed by atoms with Crippen LogP contribution in [0.1, 0.15) is 187 Å². The first-order valence-corrected chi connectivity index (χ1v) is 25.6. The zero-order valence-electron chi connectivity index (χ0n) is 39.5. The lowest BCUT2D eigenvalue weighted by atomic mass is 10.1. The van der Waals surface area contributed by atoms with E-state index in [1.165, 1.54) is 83.5 Å². The summed E-state index contributed by atoms with van der Waals surface area (Å²) in [6.45, 7) is 4.18. The molecule has 0 aliphatic rings. The second-order valence-corrected chi connectivity index (χ2v) is 18.8. The molecule has 10 nitrogen and oxygen atoms in total. The number of nitrogens with zero attached hydrogens (tertiary/aromatic N) is 1. The molecule has 11 heteroatoms. The number of likely N-dealkylation sites (N-methyl/N-ethyl adjacent to an activating group) is 1. The summed E-state index contributed by atoms with van der Waals surface area (Å²) in [6, 6.07) is 0. The number of phosphoric ester groups is 1. The number of allylic oxidation sites excluding steroid dienone is 9. The molecule has 2 N–H and O–H groups in total. The van der Waals surface area contributed by atoms with Crippen molar-refractivity contribution >= 4 is 19.8 Å². The summed E-state index contributed by atoms with van der Waals surface area (Å²) in [4.78, 5) is 35.4. The molecule has 0 saturated carbocycles. The first-order valence-electron chi connectivity index (χ1n) is 24.1. The molecule has 0 aromatic heterocycles. The summed E-state index contributed by atoms with van der Waals surface area (Å²) >= 11 is 0. The Bertz CT molecular complexity index is 1240. The van der Waals surface area contributed by atoms with Crippen LogP contribution in [0.4, 0.5) is 0 Å². The number of rotatable bonds is 43. The summed E-state index contributed by atoms with van der Waals surface area (Å²) in [6.07, 6.45) is 47.5. The molecule has 0 radical (unpaired) electrons. The van der Waals surface area contributed by atoms with Crippen LogP contribution in [0.3, 0.4) is 0 Å². The summed E-state index contributed by atoms with van der Waals surface area (Å²) in [5.41, 5.74) is 0. The Labute approximate surface area is 373 Å². The topological polar surface area (TPSA) is 129 Å². The van der Waals surface area contributed by atoms with Crippen molar-refractivity contribution in [3.63, 3.8) is 0 Å². The fourth-order valence-electron chi connectivity index (χ4n) is 6.25. The lowest BCUT2D eigenvalue weighted by Gasteiger charge is -2.24. The summed E-state index contributed by atoms with van der Waals surface area (Å²) < 4.78 is 34.3. The van der Waals surface area contributed by atoms with E-state index in [-0.39, 0.29) is 32.2 Å². The Morgan fingerprint density at radius 1 is 0.574 bits per heavy atom. The molecule has 1 unspecified atom stereocenters. The predicted octanol–water partition coefficient (Wildman–Crippen LogP) is 13.0. The smallest absolute Gasteiger partial charge is 0.462 e. The quantitative estimate of drug-likeness (QED) is 0.0202. The third-order valence-corrected chi connectivity index (χ3v) is 11.1. The number of hydrogen-bond acceptors (Lipinski definition) is 8. The standard InChI is InChI=1S/C50H90NO9P/c1-6-8-10-11-12-13-14-15-16-17-18-19-20-21-25-28-31-34-37-41-49(53)57-45-48(46-59-61(55,56)58-44-43-51(3,4)5)60-50(54)42-38-35-32-29-26-23-22-24-27-30-33-36-40-47(52)39-9-7-2/h15-16,22-23,27,29-30,32,36,40,47-48,52H,6-14,17-21,24-26,28,31,33-35,37-39,41-46H2,1-5H3/p+1/b16-15-,23-22-,30-27-,32-29-,40-36-/t47-,48-/m1/s1. The van der Waals surface area contributed by atoms with Gasteiger partial charge in [-0.1, -0.05) is 164 Å². The highest BCUT2D eigenvalue weighted by molar-refractivity contribution is 7.47. The van der Waals surface area contributed by atoms with Gasteiger partial charge in [0, 0.05) is 12.8 Å². The Morgan fingerprint density at radius 3 is 1.62 bits per heavy atom. The maximum absolute atomic E-state index is 12.7. The van der Waals surface area contributed by atoms with Gasteiger partial charge < -0.3 is 24.0 Å². The molecule has 0 spiro atoms. The van der Waals surface area contributed by atoms with Crippen molar-refractivity contribution < 1.29 is 47.2 Å². The maximum Gasteiger partial charge on any atom is 0.472 e. The third-order valence-electron chi connectivity index (χ3n) is 10.1. The van der Waals surface area contributed by atoms with Gasteiger partial charge in [-0.2, -0.15) is 0 Å². The van der Waals surface area contributed by atoms with Crippen molar-refractivity contribution in [1.29, 1.82) is 0 Å². The summed E-state index contributed by atoms with van der Waals surface area (Å²) in [5.74, 6) is -0.890. The average Bonchev–Trinajstić information content (AvgIpc) is 3.21. The highest BCUT2D eigenvalue weighted by atomic mass is 31.2. The van der Waals surface area contributed by atoms with Crippen LogP contribution in [0, 0.1) is 0 Å². The number of carbonyl (C=O) groups excluding carboxylic acids is 2. The number of phosphoric acid groups is 1. The summed E-state index contributed by atoms with van der Waals surface area (Å²) in [7, 11) is 1.41. The minimum Gasteiger partial charge on any atom is -0.462 e. The van der Waals surface area contributed by atoms with Crippen LogP contribution in [0.15, 0.2) is 60.8 Å². The van der Waals surface area contributed by atoms with E-state index in [4.69, 9.17) is 18.5 Å². The van der Waals surface area contributed by atoms with Crippen LogP contribution < -0.4 is 0 Å². The van der Waals surface area contributed by atoms with E-state index in [1.807, 2.05) is 39.4 Å². The maximum atomic E-state index is 12.7. The van der Waals surface area contributed by atoms with E-state index < -0.39 is 32.5 Å². The number of esters is 2. The number of hydrogen-bond donors (Lipinski definition) is 2. The normalized spacial score (nSPS) is 14.5. The zero-order valence-corrected chi connectivity index (χ0v) is 40.4. The minimum atomic E-state index is -4.40. The Kier molecular flexibility index (Phi) is 40.1. The molecular formula is C50H91NO9P+. The van der Waals surface area contributed by atoms with Crippen molar-refractivity contribution in [1.82, 2.24) is 0 Å². The van der Waals surface area contributed by atoms with Gasteiger partial charge in [0.1, 0.15) is 19.8 Å². The van der Waals surface area contributed by atoms with Crippen LogP contribution in [0.5, 0.6) is 0 Å². The number of aliphatic hydroxyl groups excluding tert-OH is 1. The molecule has 0 aliphatic carbocycles. The SMILES string of the molecule is CCCCCCCC/C=C\CCCCCCCCCCCC(=O)OC[C@H](COP(=O)(O)OCC[N+](C)(C)C)OC(=O)CCC/C=C\C/C=C\C/C=C\C/C=C\[C@H](O)CCCC. The number of aliphatic hydroxyl groups is 1. The van der Waals surface area contributed by atoms with Crippen LogP contribution in [0.2, 0.25) is 0 Å². The molecule has 354 valence electrons. The van der Waals surface area contributed by atoms with Crippen LogP contribution in [-0.4, -0.2) is 86.1 Å². The van der Waals surface area contributed by atoms with E-state index in [0.717, 1.165) is 64.2 Å². The van der Waals surface area contributed by atoms with Gasteiger partial charge in [-0.25, -0.2) is 4.57 Å². The fourth-order valence-corrected chi connectivity index (χ4v) is 7.00. The van der Waals surface area contributed by atoms with Crippen molar-refractivity contribution in [3.05, 3.63) is 60.8 Å². The van der Waals surface area contributed by atoms with Crippen LogP contribution in [-0.2, 0) is 32.7 Å². The lowest BCUT2D eigenvalue weighted by Crippen LogP contribution is -2.37. The average molecular weight is 881 g/mol. The van der Waals surface area contributed by atoms with Gasteiger partial charge in [0.2, 0.25) is 0 Å². The fraction of sp³-hybridized carbons (Fsp3) is 0.760. The highest BCUT2D eigenvalue weighted by Gasteiger charge is 2.27. The van der Waals surface area contributed by atoms with Gasteiger partial charge >= 0.3 is 19.8 Å². The van der Waals surface area contributed by atoms with Crippen molar-refractivity contribution in [2.45, 2.75) is 199 Å². The molecular weight excluding hydrogens is 790 g/mol. The molecule has 0 aromatic rings. The van der Waals surface area contributed by atoms with E-state index in [1.54, 1.807) is 0 Å². The Morgan fingerprint density at radius 2 is 1.05 bits per heavy atom.